The van der Waals surface area contributed by atoms with Gasteiger partial charge in [-0.15, -0.1) is 11.3 Å². The van der Waals surface area contributed by atoms with Gasteiger partial charge in [-0.25, -0.2) is 13.2 Å². The Balaban J connectivity index is 2.44. The lowest BCUT2D eigenvalue weighted by atomic mass is 10.1. The number of hydrogen-bond donors (Lipinski definition) is 1. The van der Waals surface area contributed by atoms with Gasteiger partial charge < -0.3 is 5.73 Å². The predicted molar refractivity (Wildman–Crippen MR) is 61.7 cm³/mol. The molecular formula is C11H7ClF3NS. The number of nitrogens with two attached hydrogens (primary N) is 1. The molecule has 90 valence electrons. The summed E-state index contributed by atoms with van der Waals surface area (Å²) in [6.45, 7) is 0. The van der Waals surface area contributed by atoms with Crippen LogP contribution in [0.15, 0.2) is 24.3 Å². The van der Waals surface area contributed by atoms with Gasteiger partial charge in [0.25, 0.3) is 0 Å². The topological polar surface area (TPSA) is 26.0 Å². The third kappa shape index (κ3) is 2.31. The molecule has 2 aromatic rings. The van der Waals surface area contributed by atoms with E-state index < -0.39 is 23.5 Å². The number of hydrogen-bond acceptors (Lipinski definition) is 2. The molecule has 0 fully saturated rings. The molecule has 0 saturated carbocycles. The molecule has 1 atom stereocenters. The summed E-state index contributed by atoms with van der Waals surface area (Å²) >= 11 is 6.89. The normalized spacial score (nSPS) is 12.8. The van der Waals surface area contributed by atoms with Gasteiger partial charge in [-0.2, -0.15) is 0 Å². The monoisotopic (exact) mass is 277 g/mol. The minimum atomic E-state index is -1.51. The molecule has 0 saturated heterocycles. The fourth-order valence-corrected chi connectivity index (χ4v) is 2.51. The zero-order valence-electron chi connectivity index (χ0n) is 8.38. The molecular weight excluding hydrogens is 271 g/mol. The summed E-state index contributed by atoms with van der Waals surface area (Å²) in [5.74, 6) is -4.01. The Bertz CT molecular complexity index is 556. The molecule has 1 aromatic carbocycles. The Morgan fingerprint density at radius 1 is 1.06 bits per heavy atom. The lowest BCUT2D eigenvalue weighted by Gasteiger charge is -2.11. The third-order valence-corrected chi connectivity index (χ3v) is 3.61. The highest BCUT2D eigenvalue weighted by atomic mass is 35.5. The van der Waals surface area contributed by atoms with E-state index in [2.05, 4.69) is 0 Å². The smallest absolute Gasteiger partial charge is 0.194 e. The molecule has 1 unspecified atom stereocenters. The standard InChI is InChI=1S/C11H7ClF3NS/c12-8-4-3-7(17-8)11(16)5-1-2-6(13)10(15)9(5)14/h1-4,11H,16H2. The summed E-state index contributed by atoms with van der Waals surface area (Å²) in [5, 5.41) is 0. The van der Waals surface area contributed by atoms with Crippen molar-refractivity contribution in [3.05, 3.63) is 56.5 Å². The van der Waals surface area contributed by atoms with Crippen LogP contribution in [-0.2, 0) is 0 Å². The molecule has 17 heavy (non-hydrogen) atoms. The van der Waals surface area contributed by atoms with E-state index >= 15 is 0 Å². The molecule has 0 amide bonds. The zero-order chi connectivity index (χ0) is 12.6. The summed E-state index contributed by atoms with van der Waals surface area (Å²) in [6.07, 6.45) is 0. The number of halogens is 4. The highest BCUT2D eigenvalue weighted by molar-refractivity contribution is 7.16. The van der Waals surface area contributed by atoms with Crippen molar-refractivity contribution in [1.29, 1.82) is 0 Å². The Morgan fingerprint density at radius 3 is 2.35 bits per heavy atom. The van der Waals surface area contributed by atoms with Crippen molar-refractivity contribution in [3.8, 4) is 0 Å². The van der Waals surface area contributed by atoms with Crippen molar-refractivity contribution in [2.24, 2.45) is 5.73 Å². The number of rotatable bonds is 2. The Kier molecular flexibility index (Phi) is 3.42. The van der Waals surface area contributed by atoms with Crippen molar-refractivity contribution >= 4 is 22.9 Å². The van der Waals surface area contributed by atoms with Gasteiger partial charge in [0.05, 0.1) is 10.4 Å². The van der Waals surface area contributed by atoms with Gasteiger partial charge >= 0.3 is 0 Å². The fraction of sp³-hybridized carbons (Fsp3) is 0.0909. The van der Waals surface area contributed by atoms with Crippen LogP contribution in [-0.4, -0.2) is 0 Å². The molecule has 0 radical (unpaired) electrons. The van der Waals surface area contributed by atoms with Crippen molar-refractivity contribution in [1.82, 2.24) is 0 Å². The summed E-state index contributed by atoms with van der Waals surface area (Å²) in [7, 11) is 0. The minimum Gasteiger partial charge on any atom is -0.320 e. The molecule has 0 aliphatic rings. The van der Waals surface area contributed by atoms with E-state index in [1.807, 2.05) is 0 Å². The average molecular weight is 278 g/mol. The van der Waals surface area contributed by atoms with Crippen molar-refractivity contribution < 1.29 is 13.2 Å². The minimum absolute atomic E-state index is 0.0950. The molecule has 0 aliphatic heterocycles. The first kappa shape index (κ1) is 12.4. The number of benzene rings is 1. The van der Waals surface area contributed by atoms with Gasteiger partial charge in [-0.3, -0.25) is 0 Å². The molecule has 0 aliphatic carbocycles. The maximum Gasteiger partial charge on any atom is 0.194 e. The van der Waals surface area contributed by atoms with Crippen molar-refractivity contribution in [2.45, 2.75) is 6.04 Å². The zero-order valence-corrected chi connectivity index (χ0v) is 9.96. The van der Waals surface area contributed by atoms with E-state index in [4.69, 9.17) is 17.3 Å². The second-order valence-electron chi connectivity index (χ2n) is 3.38. The van der Waals surface area contributed by atoms with Gasteiger partial charge in [0, 0.05) is 10.4 Å². The van der Waals surface area contributed by atoms with Crippen LogP contribution in [0.2, 0.25) is 4.34 Å². The van der Waals surface area contributed by atoms with Gasteiger partial charge in [-0.05, 0) is 18.2 Å². The Hall–Kier alpha value is -1.04. The van der Waals surface area contributed by atoms with Gasteiger partial charge in [-0.1, -0.05) is 17.7 Å². The van der Waals surface area contributed by atoms with Crippen LogP contribution in [0.5, 0.6) is 0 Å². The van der Waals surface area contributed by atoms with Gasteiger partial charge in [0.15, 0.2) is 17.5 Å². The van der Waals surface area contributed by atoms with Crippen LogP contribution in [0.4, 0.5) is 13.2 Å². The quantitative estimate of drug-likeness (QED) is 0.829. The molecule has 1 heterocycles. The Labute approximate surface area is 105 Å². The van der Waals surface area contributed by atoms with E-state index in [0.29, 0.717) is 9.21 Å². The molecule has 2 rings (SSSR count). The predicted octanol–water partition coefficient (Wildman–Crippen LogP) is 3.87. The second-order valence-corrected chi connectivity index (χ2v) is 5.13. The van der Waals surface area contributed by atoms with Crippen molar-refractivity contribution in [2.75, 3.05) is 0 Å². The van der Waals surface area contributed by atoms with Crippen LogP contribution in [0.1, 0.15) is 16.5 Å². The first-order valence-electron chi connectivity index (χ1n) is 4.65. The van der Waals surface area contributed by atoms with Crippen LogP contribution >= 0.6 is 22.9 Å². The molecule has 2 N–H and O–H groups in total. The first-order valence-corrected chi connectivity index (χ1v) is 5.84. The summed E-state index contributed by atoms with van der Waals surface area (Å²) in [5.41, 5.74) is 5.68. The van der Waals surface area contributed by atoms with E-state index in [1.165, 1.54) is 11.3 Å². The molecule has 1 nitrogen and oxygen atoms in total. The maximum atomic E-state index is 13.5. The SMILES string of the molecule is NC(c1ccc(Cl)s1)c1ccc(F)c(F)c1F. The van der Waals surface area contributed by atoms with Crippen molar-refractivity contribution in [3.63, 3.8) is 0 Å². The van der Waals surface area contributed by atoms with E-state index in [0.717, 1.165) is 12.1 Å². The molecule has 1 aromatic heterocycles. The van der Waals surface area contributed by atoms with E-state index in [1.54, 1.807) is 12.1 Å². The van der Waals surface area contributed by atoms with Crippen LogP contribution in [0, 0.1) is 17.5 Å². The fourth-order valence-electron chi connectivity index (χ4n) is 1.43. The average Bonchev–Trinajstić information content (AvgIpc) is 2.72. The van der Waals surface area contributed by atoms with Crippen LogP contribution in [0.25, 0.3) is 0 Å². The van der Waals surface area contributed by atoms with E-state index in [-0.39, 0.29) is 5.56 Å². The highest BCUT2D eigenvalue weighted by Crippen LogP contribution is 2.31. The second kappa shape index (κ2) is 4.68. The summed E-state index contributed by atoms with van der Waals surface area (Å²) < 4.78 is 39.8. The summed E-state index contributed by atoms with van der Waals surface area (Å²) in [4.78, 5) is 0.583. The van der Waals surface area contributed by atoms with E-state index in [9.17, 15) is 13.2 Å². The van der Waals surface area contributed by atoms with Crippen LogP contribution < -0.4 is 5.73 Å². The highest BCUT2D eigenvalue weighted by Gasteiger charge is 2.20. The van der Waals surface area contributed by atoms with Gasteiger partial charge in [0.1, 0.15) is 0 Å². The lowest BCUT2D eigenvalue weighted by Crippen LogP contribution is -2.13. The number of thiophene rings is 1. The summed E-state index contributed by atoms with van der Waals surface area (Å²) in [6, 6.07) is 4.36. The maximum absolute atomic E-state index is 13.5. The van der Waals surface area contributed by atoms with Crippen LogP contribution in [0.3, 0.4) is 0 Å². The molecule has 6 heteroatoms. The molecule has 0 spiro atoms. The van der Waals surface area contributed by atoms with Gasteiger partial charge in [0.2, 0.25) is 0 Å². The third-order valence-electron chi connectivity index (χ3n) is 2.30. The Morgan fingerprint density at radius 2 is 1.76 bits per heavy atom. The molecule has 0 bridgehead atoms. The lowest BCUT2D eigenvalue weighted by molar-refractivity contribution is 0.439. The first-order chi connectivity index (χ1) is 8.00. The largest absolute Gasteiger partial charge is 0.320 e.